The van der Waals surface area contributed by atoms with Crippen LogP contribution in [0.5, 0.6) is 0 Å². The molecule has 0 unspecified atom stereocenters. The van der Waals surface area contributed by atoms with Crippen molar-refractivity contribution in [3.63, 3.8) is 0 Å². The zero-order valence-electron chi connectivity index (χ0n) is 36.8. The molecule has 0 fully saturated rings. The standard InChI is InChI=1S/C57H51BN2O/c1-54(2,3)32-18-20-33(21-19-32)60-47-31-44-43(55(4,5)26-27-56(44,6)7)28-40(47)36-22-23-38-50-46(25-24-37-35-15-11-13-17-49(35)61-53(37)50)59-48-29-39-34-14-10-12-16-41(34)57(8,9)42(39)30-45(48)58(60)51(36)52(38)59/h10-25,28-31H,26-27H2,1-9H3. The largest absolute Gasteiger partial charge is 0.455 e. The molecule has 13 rings (SSSR count). The Balaban J connectivity index is 1.22. The minimum atomic E-state index is -0.143. The van der Waals surface area contributed by atoms with E-state index in [1.54, 1.807) is 0 Å². The van der Waals surface area contributed by atoms with Gasteiger partial charge in [-0.25, -0.2) is 0 Å². The maximum Gasteiger partial charge on any atom is 0.333 e. The molecule has 4 aliphatic rings. The highest BCUT2D eigenvalue weighted by atomic mass is 16.3. The van der Waals surface area contributed by atoms with E-state index in [-0.39, 0.29) is 28.5 Å². The number of hydrogen-bond acceptors (Lipinski definition) is 2. The van der Waals surface area contributed by atoms with Gasteiger partial charge >= 0.3 is 6.85 Å². The Morgan fingerprint density at radius 3 is 2.05 bits per heavy atom. The predicted molar refractivity (Wildman–Crippen MR) is 259 cm³/mol. The molecule has 0 bridgehead atoms. The van der Waals surface area contributed by atoms with Crippen molar-refractivity contribution in [3.8, 4) is 27.9 Å². The monoisotopic (exact) mass is 790 g/mol. The first-order valence-corrected chi connectivity index (χ1v) is 22.4. The Kier molecular flexibility index (Phi) is 6.60. The van der Waals surface area contributed by atoms with Gasteiger partial charge in [-0.15, -0.1) is 0 Å². The van der Waals surface area contributed by atoms with Gasteiger partial charge in [0.2, 0.25) is 0 Å². The van der Waals surface area contributed by atoms with Crippen LogP contribution >= 0.6 is 0 Å². The van der Waals surface area contributed by atoms with Crippen LogP contribution in [0.2, 0.25) is 0 Å². The van der Waals surface area contributed by atoms with Crippen LogP contribution in [0, 0.1) is 0 Å². The lowest BCUT2D eigenvalue weighted by atomic mass is 9.43. The second kappa shape index (κ2) is 11.3. The van der Waals surface area contributed by atoms with Crippen molar-refractivity contribution < 1.29 is 4.42 Å². The third-order valence-corrected chi connectivity index (χ3v) is 15.8. The third kappa shape index (κ3) is 4.46. The fraction of sp³-hybridized carbons (Fsp3) is 0.263. The highest BCUT2D eigenvalue weighted by Gasteiger charge is 2.48. The molecule has 0 N–H and O–H groups in total. The van der Waals surface area contributed by atoms with Crippen LogP contribution in [0.1, 0.15) is 103 Å². The summed E-state index contributed by atoms with van der Waals surface area (Å²) >= 11 is 0. The minimum Gasteiger partial charge on any atom is -0.455 e. The molecule has 0 amide bonds. The van der Waals surface area contributed by atoms with Gasteiger partial charge in [0.25, 0.3) is 0 Å². The van der Waals surface area contributed by atoms with Crippen LogP contribution in [0.4, 0.5) is 11.4 Å². The summed E-state index contributed by atoms with van der Waals surface area (Å²) in [7, 11) is 0. The Hall–Kier alpha value is -6.00. The van der Waals surface area contributed by atoms with Gasteiger partial charge in [-0.05, 0) is 133 Å². The Labute approximate surface area is 359 Å². The topological polar surface area (TPSA) is 21.3 Å². The Bertz CT molecular complexity index is 3440. The first-order valence-electron chi connectivity index (χ1n) is 22.4. The lowest BCUT2D eigenvalue weighted by Gasteiger charge is -2.46. The average Bonchev–Trinajstić information content (AvgIpc) is 3.86. The number of hydrogen-bond donors (Lipinski definition) is 0. The molecular weight excluding hydrogens is 739 g/mol. The van der Waals surface area contributed by atoms with Crippen LogP contribution < -0.4 is 15.7 Å². The summed E-state index contributed by atoms with van der Waals surface area (Å²) < 4.78 is 9.51. The van der Waals surface area contributed by atoms with E-state index in [1.165, 1.54) is 118 Å². The first-order chi connectivity index (χ1) is 29.1. The molecule has 3 nitrogen and oxygen atoms in total. The van der Waals surface area contributed by atoms with Gasteiger partial charge in [0.05, 0.1) is 16.4 Å². The average molecular weight is 791 g/mol. The van der Waals surface area contributed by atoms with E-state index in [1.807, 2.05) is 0 Å². The second-order valence-electron chi connectivity index (χ2n) is 21.6. The first kappa shape index (κ1) is 35.7. The molecule has 298 valence electrons. The van der Waals surface area contributed by atoms with Gasteiger partial charge in [0.1, 0.15) is 11.2 Å². The number of furan rings is 1. The molecule has 2 aliphatic heterocycles. The van der Waals surface area contributed by atoms with Gasteiger partial charge in [-0.2, -0.15) is 0 Å². The molecule has 0 saturated carbocycles. The second-order valence-corrected chi connectivity index (χ2v) is 21.6. The molecule has 2 aliphatic carbocycles. The van der Waals surface area contributed by atoms with Crippen molar-refractivity contribution in [1.82, 2.24) is 4.57 Å². The quantitative estimate of drug-likeness (QED) is 0.154. The number of anilines is 2. The normalized spacial score (nSPS) is 17.5. The smallest absolute Gasteiger partial charge is 0.333 e. The van der Waals surface area contributed by atoms with Crippen LogP contribution in [0.25, 0.3) is 71.7 Å². The van der Waals surface area contributed by atoms with Gasteiger partial charge in [0, 0.05) is 44.2 Å². The highest BCUT2D eigenvalue weighted by Crippen LogP contribution is 2.55. The van der Waals surface area contributed by atoms with Crippen molar-refractivity contribution >= 4 is 72.9 Å². The Morgan fingerprint density at radius 2 is 1.28 bits per heavy atom. The van der Waals surface area contributed by atoms with E-state index >= 15 is 0 Å². The SMILES string of the molecule is CC(C)(C)c1ccc(N2B3c4cc5c(cc4-n4c6ccc7c8ccccc8oc7c6c6ccc(c3c64)-c3cc4c(cc32)C(C)(C)CCC4(C)C)-c2ccccc2C5(C)C)cc1. The summed E-state index contributed by atoms with van der Waals surface area (Å²) in [6.45, 7) is 21.6. The number of benzene rings is 7. The summed E-state index contributed by atoms with van der Waals surface area (Å²) in [4.78, 5) is 2.74. The molecule has 0 saturated heterocycles. The molecule has 7 aromatic carbocycles. The maximum atomic E-state index is 6.89. The summed E-state index contributed by atoms with van der Waals surface area (Å²) in [6.07, 6.45) is 2.35. The van der Waals surface area contributed by atoms with Crippen LogP contribution in [-0.4, -0.2) is 11.4 Å². The number of nitrogens with zero attached hydrogens (tertiary/aromatic N) is 2. The maximum absolute atomic E-state index is 6.89. The summed E-state index contributed by atoms with van der Waals surface area (Å²) in [6, 6.07) is 47.1. The Morgan fingerprint density at radius 1 is 0.574 bits per heavy atom. The molecule has 0 atom stereocenters. The van der Waals surface area contributed by atoms with E-state index in [0.29, 0.717) is 0 Å². The fourth-order valence-corrected chi connectivity index (χ4v) is 12.3. The molecule has 2 aromatic heterocycles. The number of para-hydroxylation sites is 1. The van der Waals surface area contributed by atoms with Crippen molar-refractivity contribution in [2.45, 2.75) is 96.8 Å². The van der Waals surface area contributed by atoms with E-state index < -0.39 is 0 Å². The predicted octanol–water partition coefficient (Wildman–Crippen LogP) is 13.9. The fourth-order valence-electron chi connectivity index (χ4n) is 12.3. The number of aromatic nitrogens is 1. The minimum absolute atomic E-state index is 0.0489. The molecule has 0 radical (unpaired) electrons. The lowest BCUT2D eigenvalue weighted by molar-refractivity contribution is 0.332. The zero-order chi connectivity index (χ0) is 41.7. The molecule has 4 heterocycles. The number of fused-ring (bicyclic) bond motifs is 16. The van der Waals surface area contributed by atoms with Gasteiger partial charge in [-0.3, -0.25) is 0 Å². The zero-order valence-corrected chi connectivity index (χ0v) is 36.8. The molecule has 61 heavy (non-hydrogen) atoms. The van der Waals surface area contributed by atoms with Crippen LogP contribution in [0.3, 0.4) is 0 Å². The lowest BCUT2D eigenvalue weighted by Crippen LogP contribution is -2.61. The van der Waals surface area contributed by atoms with Crippen LogP contribution in [-0.2, 0) is 21.7 Å². The van der Waals surface area contributed by atoms with E-state index in [0.717, 1.165) is 16.6 Å². The van der Waals surface area contributed by atoms with Crippen LogP contribution in [0.15, 0.2) is 126 Å². The highest BCUT2D eigenvalue weighted by molar-refractivity contribution is 6.93. The van der Waals surface area contributed by atoms with Crippen molar-refractivity contribution in [2.75, 3.05) is 4.81 Å². The van der Waals surface area contributed by atoms with E-state index in [4.69, 9.17) is 4.42 Å². The van der Waals surface area contributed by atoms with Gasteiger partial charge < -0.3 is 13.8 Å². The summed E-state index contributed by atoms with van der Waals surface area (Å²) in [5.74, 6) is 0. The van der Waals surface area contributed by atoms with E-state index in [9.17, 15) is 0 Å². The molecule has 4 heteroatoms. The molecular formula is C57H51BN2O. The third-order valence-electron chi connectivity index (χ3n) is 15.8. The van der Waals surface area contributed by atoms with Gasteiger partial charge in [-0.1, -0.05) is 135 Å². The molecule has 9 aromatic rings. The van der Waals surface area contributed by atoms with Gasteiger partial charge in [0.15, 0.2) is 0 Å². The summed E-state index contributed by atoms with van der Waals surface area (Å²) in [5.41, 5.74) is 23.5. The summed E-state index contributed by atoms with van der Waals surface area (Å²) in [5, 5.41) is 4.78. The van der Waals surface area contributed by atoms with Crippen molar-refractivity contribution in [1.29, 1.82) is 0 Å². The van der Waals surface area contributed by atoms with Crippen molar-refractivity contribution in [3.05, 3.63) is 149 Å². The number of rotatable bonds is 1. The molecule has 0 spiro atoms. The van der Waals surface area contributed by atoms with Crippen molar-refractivity contribution in [2.24, 2.45) is 0 Å². The van der Waals surface area contributed by atoms with E-state index in [2.05, 4.69) is 193 Å².